The number of benzene rings is 2. The summed E-state index contributed by atoms with van der Waals surface area (Å²) in [4.78, 5) is 25.1. The van der Waals surface area contributed by atoms with Gasteiger partial charge in [-0.3, -0.25) is 4.79 Å². The molecule has 0 bridgehead atoms. The van der Waals surface area contributed by atoms with Crippen molar-refractivity contribution in [3.05, 3.63) is 77.1 Å². The number of alkyl halides is 3. The fourth-order valence-corrected chi connectivity index (χ4v) is 2.74. The maximum absolute atomic E-state index is 13.1. The first-order valence-electron chi connectivity index (χ1n) is 7.87. The molecule has 0 N–H and O–H groups in total. The van der Waals surface area contributed by atoms with Gasteiger partial charge in [0.2, 0.25) is 0 Å². The minimum absolute atomic E-state index is 0.122. The maximum atomic E-state index is 13.1. The topological polar surface area (TPSA) is 46.6 Å². The van der Waals surface area contributed by atoms with Gasteiger partial charge in [-0.1, -0.05) is 30.3 Å². The molecule has 140 valence electrons. The summed E-state index contributed by atoms with van der Waals surface area (Å²) in [6.45, 7) is -0.122. The van der Waals surface area contributed by atoms with Crippen molar-refractivity contribution in [1.82, 2.24) is 4.90 Å². The van der Waals surface area contributed by atoms with Crippen molar-refractivity contribution in [3.8, 4) is 0 Å². The Morgan fingerprint density at radius 2 is 1.78 bits per heavy atom. The van der Waals surface area contributed by atoms with Crippen LogP contribution in [0.5, 0.6) is 0 Å². The zero-order valence-electron chi connectivity index (χ0n) is 13.7. The molecule has 1 aliphatic rings. The van der Waals surface area contributed by atoms with E-state index in [9.17, 15) is 27.2 Å². The molecular formula is C19H13F4NO3. The highest BCUT2D eigenvalue weighted by Gasteiger charge is 2.38. The Kier molecular flexibility index (Phi) is 4.98. The van der Waals surface area contributed by atoms with Gasteiger partial charge in [0.1, 0.15) is 18.5 Å². The number of carbonyl (C=O) groups is 2. The first kappa shape index (κ1) is 18.6. The van der Waals surface area contributed by atoms with E-state index in [0.29, 0.717) is 5.56 Å². The second-order valence-corrected chi connectivity index (χ2v) is 5.77. The van der Waals surface area contributed by atoms with Gasteiger partial charge in [0.05, 0.1) is 5.56 Å². The van der Waals surface area contributed by atoms with Crippen LogP contribution in [0.3, 0.4) is 0 Å². The van der Waals surface area contributed by atoms with E-state index in [-0.39, 0.29) is 12.2 Å². The zero-order valence-corrected chi connectivity index (χ0v) is 13.7. The van der Waals surface area contributed by atoms with Crippen LogP contribution in [-0.2, 0) is 15.7 Å². The van der Waals surface area contributed by atoms with Gasteiger partial charge in [0, 0.05) is 6.08 Å². The minimum atomic E-state index is -4.58. The van der Waals surface area contributed by atoms with Crippen molar-refractivity contribution in [2.45, 2.75) is 12.2 Å². The van der Waals surface area contributed by atoms with Gasteiger partial charge in [0.15, 0.2) is 0 Å². The van der Waals surface area contributed by atoms with Crippen LogP contribution in [0, 0.1) is 5.82 Å². The molecule has 0 aliphatic carbocycles. The monoisotopic (exact) mass is 379 g/mol. The van der Waals surface area contributed by atoms with Crippen molar-refractivity contribution in [2.24, 2.45) is 0 Å². The van der Waals surface area contributed by atoms with Crippen molar-refractivity contribution in [1.29, 1.82) is 0 Å². The summed E-state index contributed by atoms with van der Waals surface area (Å²) < 4.78 is 57.0. The molecule has 1 aliphatic heterocycles. The predicted octanol–water partition coefficient (Wildman–Crippen LogP) is 4.58. The Labute approximate surface area is 151 Å². The molecule has 0 saturated carbocycles. The molecule has 1 fully saturated rings. The summed E-state index contributed by atoms with van der Waals surface area (Å²) in [7, 11) is 0. The van der Waals surface area contributed by atoms with Crippen LogP contribution >= 0.6 is 0 Å². The van der Waals surface area contributed by atoms with E-state index in [1.807, 2.05) is 0 Å². The summed E-state index contributed by atoms with van der Waals surface area (Å²) in [6.07, 6.45) is -3.61. The van der Waals surface area contributed by atoms with Crippen LogP contribution in [-0.4, -0.2) is 23.5 Å². The molecule has 1 heterocycles. The summed E-state index contributed by atoms with van der Waals surface area (Å²) in [5, 5.41) is 0. The number of ether oxygens (including phenoxy) is 1. The van der Waals surface area contributed by atoms with Crippen LogP contribution < -0.4 is 0 Å². The molecule has 4 nitrogen and oxygen atoms in total. The number of rotatable bonds is 3. The number of hydrogen-bond acceptors (Lipinski definition) is 3. The average molecular weight is 379 g/mol. The van der Waals surface area contributed by atoms with Crippen molar-refractivity contribution in [2.75, 3.05) is 6.61 Å². The summed E-state index contributed by atoms with van der Waals surface area (Å²) in [5.41, 5.74) is -0.628. The number of amides is 2. The quantitative estimate of drug-likeness (QED) is 0.579. The lowest BCUT2D eigenvalue weighted by Crippen LogP contribution is -2.32. The molecule has 0 aromatic heterocycles. The van der Waals surface area contributed by atoms with Gasteiger partial charge >= 0.3 is 12.3 Å². The van der Waals surface area contributed by atoms with Gasteiger partial charge in [0.25, 0.3) is 5.91 Å². The largest absolute Gasteiger partial charge is 0.446 e. The second-order valence-electron chi connectivity index (χ2n) is 5.77. The molecule has 1 atom stereocenters. The Morgan fingerprint density at radius 3 is 2.44 bits per heavy atom. The molecule has 0 radical (unpaired) electrons. The molecule has 0 unspecified atom stereocenters. The third kappa shape index (κ3) is 3.99. The normalized spacial score (nSPS) is 17.4. The van der Waals surface area contributed by atoms with Crippen LogP contribution in [0.15, 0.2) is 54.6 Å². The number of nitrogens with zero attached hydrogens (tertiary/aromatic N) is 1. The molecule has 2 aromatic carbocycles. The maximum Gasteiger partial charge on any atom is 0.417 e. The van der Waals surface area contributed by atoms with Crippen molar-refractivity contribution in [3.63, 3.8) is 0 Å². The van der Waals surface area contributed by atoms with Gasteiger partial charge in [-0.25, -0.2) is 14.1 Å². The molecule has 3 rings (SSSR count). The molecular weight excluding hydrogens is 366 g/mol. The number of hydrogen-bond donors (Lipinski definition) is 0. The highest BCUT2D eigenvalue weighted by Crippen LogP contribution is 2.33. The lowest BCUT2D eigenvalue weighted by Gasteiger charge is -2.18. The average Bonchev–Trinajstić information content (AvgIpc) is 3.01. The van der Waals surface area contributed by atoms with E-state index in [1.165, 1.54) is 42.5 Å². The zero-order chi connectivity index (χ0) is 19.6. The molecule has 2 amide bonds. The van der Waals surface area contributed by atoms with Crippen LogP contribution in [0.1, 0.15) is 22.7 Å². The standard InChI is InChI=1S/C19H13F4NO3/c20-14-8-5-13(6-9-14)16-11-27-18(26)24(16)17(25)10-7-12-3-1-2-4-15(12)19(21,22)23/h1-10,16H,11H2/b10-7+/t16-/m1/s1. The lowest BCUT2D eigenvalue weighted by molar-refractivity contribution is -0.137. The van der Waals surface area contributed by atoms with Crippen LogP contribution in [0.25, 0.3) is 6.08 Å². The van der Waals surface area contributed by atoms with E-state index < -0.39 is 35.6 Å². The lowest BCUT2D eigenvalue weighted by atomic mass is 10.1. The molecule has 8 heteroatoms. The Balaban J connectivity index is 1.85. The second kappa shape index (κ2) is 7.22. The number of cyclic esters (lactones) is 1. The summed E-state index contributed by atoms with van der Waals surface area (Å²) >= 11 is 0. The highest BCUT2D eigenvalue weighted by molar-refractivity contribution is 6.02. The Bertz CT molecular complexity index is 891. The van der Waals surface area contributed by atoms with Crippen molar-refractivity contribution < 1.29 is 31.9 Å². The fraction of sp³-hybridized carbons (Fsp3) is 0.158. The van der Waals surface area contributed by atoms with Gasteiger partial charge < -0.3 is 4.74 Å². The van der Waals surface area contributed by atoms with E-state index in [0.717, 1.165) is 23.1 Å². The third-order valence-corrected chi connectivity index (χ3v) is 4.04. The first-order valence-corrected chi connectivity index (χ1v) is 7.87. The molecule has 2 aromatic rings. The number of carbonyl (C=O) groups excluding carboxylic acids is 2. The number of imide groups is 1. The Hall–Kier alpha value is -3.16. The molecule has 0 spiro atoms. The predicted molar refractivity (Wildman–Crippen MR) is 87.8 cm³/mol. The van der Waals surface area contributed by atoms with E-state index in [4.69, 9.17) is 4.74 Å². The summed E-state index contributed by atoms with van der Waals surface area (Å²) in [5.74, 6) is -1.31. The van der Waals surface area contributed by atoms with Gasteiger partial charge in [-0.2, -0.15) is 13.2 Å². The van der Waals surface area contributed by atoms with E-state index in [2.05, 4.69) is 0 Å². The van der Waals surface area contributed by atoms with Crippen LogP contribution in [0.2, 0.25) is 0 Å². The first-order chi connectivity index (χ1) is 12.8. The molecule has 27 heavy (non-hydrogen) atoms. The number of halogens is 4. The highest BCUT2D eigenvalue weighted by atomic mass is 19.4. The third-order valence-electron chi connectivity index (χ3n) is 4.04. The van der Waals surface area contributed by atoms with Crippen molar-refractivity contribution >= 4 is 18.1 Å². The van der Waals surface area contributed by atoms with Crippen LogP contribution in [0.4, 0.5) is 22.4 Å². The molecule has 1 saturated heterocycles. The smallest absolute Gasteiger partial charge is 0.417 e. The fourth-order valence-electron chi connectivity index (χ4n) is 2.74. The van der Waals surface area contributed by atoms with Gasteiger partial charge in [-0.05, 0) is 35.4 Å². The SMILES string of the molecule is O=C(/C=C/c1ccccc1C(F)(F)F)N1C(=O)OC[C@@H]1c1ccc(F)cc1. The minimum Gasteiger partial charge on any atom is -0.446 e. The van der Waals surface area contributed by atoms with E-state index in [1.54, 1.807) is 0 Å². The van der Waals surface area contributed by atoms with E-state index >= 15 is 0 Å². The van der Waals surface area contributed by atoms with Gasteiger partial charge in [-0.15, -0.1) is 0 Å². The Morgan fingerprint density at radius 1 is 1.11 bits per heavy atom. The summed E-state index contributed by atoms with van der Waals surface area (Å²) in [6, 6.07) is 9.15.